The van der Waals surface area contributed by atoms with Crippen molar-refractivity contribution in [2.24, 2.45) is 0 Å². The first-order valence-corrected chi connectivity index (χ1v) is 7.45. The van der Waals surface area contributed by atoms with Gasteiger partial charge in [0.25, 0.3) is 5.91 Å². The van der Waals surface area contributed by atoms with Gasteiger partial charge >= 0.3 is 0 Å². The minimum absolute atomic E-state index is 0.0757. The van der Waals surface area contributed by atoms with Gasteiger partial charge < -0.3 is 15.7 Å². The zero-order chi connectivity index (χ0) is 14.7. The van der Waals surface area contributed by atoms with Gasteiger partial charge in [-0.05, 0) is 31.9 Å². The lowest BCUT2D eigenvalue weighted by atomic mass is 10.1. The second-order valence-electron chi connectivity index (χ2n) is 4.61. The first-order chi connectivity index (χ1) is 9.60. The highest BCUT2D eigenvalue weighted by Crippen LogP contribution is 2.34. The molecule has 0 fully saturated rings. The van der Waals surface area contributed by atoms with Crippen LogP contribution in [0.25, 0.3) is 10.2 Å². The first kappa shape index (κ1) is 14.7. The van der Waals surface area contributed by atoms with E-state index in [1.165, 1.54) is 11.3 Å². The maximum atomic E-state index is 12.5. The van der Waals surface area contributed by atoms with Crippen LogP contribution in [0.3, 0.4) is 0 Å². The number of nitrogens with two attached hydrogens (primary N) is 1. The van der Waals surface area contributed by atoms with Gasteiger partial charge in [0.1, 0.15) is 9.71 Å². The van der Waals surface area contributed by atoms with Crippen molar-refractivity contribution in [2.75, 3.05) is 25.4 Å². The quantitative estimate of drug-likeness (QED) is 0.884. The summed E-state index contributed by atoms with van der Waals surface area (Å²) in [5, 5.41) is 9.77. The van der Waals surface area contributed by atoms with Gasteiger partial charge in [-0.1, -0.05) is 0 Å². The molecule has 3 N–H and O–H groups in total. The number of carbonyl (C=O) groups excluding carboxylic acids is 1. The van der Waals surface area contributed by atoms with Crippen LogP contribution in [-0.2, 0) is 0 Å². The minimum atomic E-state index is -0.0825. The van der Waals surface area contributed by atoms with Crippen molar-refractivity contribution in [1.82, 2.24) is 9.88 Å². The molecule has 20 heavy (non-hydrogen) atoms. The van der Waals surface area contributed by atoms with Gasteiger partial charge in [0, 0.05) is 31.3 Å². The number of thiophene rings is 1. The number of rotatable bonds is 5. The Kier molecular flexibility index (Phi) is 4.57. The normalized spacial score (nSPS) is 10.9. The lowest BCUT2D eigenvalue weighted by Crippen LogP contribution is -2.32. The largest absolute Gasteiger partial charge is 0.397 e. The standard InChI is InChI=1S/C14H19N3O2S/c1-3-17(7-4-8-18)14(19)12-11(15)10-9(2)5-6-16-13(10)20-12/h5-6,18H,3-4,7-8,15H2,1-2H3. The summed E-state index contributed by atoms with van der Waals surface area (Å²) in [6.45, 7) is 5.09. The Hall–Kier alpha value is -1.66. The van der Waals surface area contributed by atoms with E-state index in [9.17, 15) is 4.79 Å². The highest BCUT2D eigenvalue weighted by molar-refractivity contribution is 7.21. The van der Waals surface area contributed by atoms with Crippen molar-refractivity contribution in [3.05, 3.63) is 22.7 Å². The summed E-state index contributed by atoms with van der Waals surface area (Å²) in [6.07, 6.45) is 2.30. The van der Waals surface area contributed by atoms with E-state index in [2.05, 4.69) is 4.98 Å². The number of aliphatic hydroxyl groups is 1. The molecule has 1 amide bonds. The van der Waals surface area contributed by atoms with E-state index < -0.39 is 0 Å². The van der Waals surface area contributed by atoms with Gasteiger partial charge in [-0.25, -0.2) is 4.98 Å². The van der Waals surface area contributed by atoms with E-state index in [-0.39, 0.29) is 12.5 Å². The molecule has 5 nitrogen and oxygen atoms in total. The second-order valence-corrected chi connectivity index (χ2v) is 5.61. The average molecular weight is 293 g/mol. The molecule has 2 aromatic rings. The fraction of sp³-hybridized carbons (Fsp3) is 0.429. The van der Waals surface area contributed by atoms with Crippen LogP contribution in [0.2, 0.25) is 0 Å². The lowest BCUT2D eigenvalue weighted by molar-refractivity contribution is 0.0760. The Morgan fingerprint density at radius 3 is 2.90 bits per heavy atom. The predicted octanol–water partition coefficient (Wildman–Crippen LogP) is 2.03. The molecular weight excluding hydrogens is 274 g/mol. The van der Waals surface area contributed by atoms with Crippen molar-refractivity contribution in [2.45, 2.75) is 20.3 Å². The van der Waals surface area contributed by atoms with Gasteiger partial charge in [0.2, 0.25) is 0 Å². The maximum Gasteiger partial charge on any atom is 0.266 e. The van der Waals surface area contributed by atoms with Gasteiger partial charge in [0.15, 0.2) is 0 Å². The number of hydrogen-bond acceptors (Lipinski definition) is 5. The average Bonchev–Trinajstić information content (AvgIpc) is 2.78. The number of hydrogen-bond donors (Lipinski definition) is 2. The molecule has 2 rings (SSSR count). The van der Waals surface area contributed by atoms with Crippen molar-refractivity contribution >= 4 is 33.1 Å². The van der Waals surface area contributed by atoms with Crippen LogP contribution in [-0.4, -0.2) is 40.6 Å². The maximum absolute atomic E-state index is 12.5. The highest BCUT2D eigenvalue weighted by atomic mass is 32.1. The Morgan fingerprint density at radius 1 is 1.55 bits per heavy atom. The van der Waals surface area contributed by atoms with E-state index in [0.717, 1.165) is 15.8 Å². The molecule has 0 atom stereocenters. The smallest absolute Gasteiger partial charge is 0.266 e. The third-order valence-corrected chi connectivity index (χ3v) is 4.39. The summed E-state index contributed by atoms with van der Waals surface area (Å²) in [6, 6.07) is 1.89. The van der Waals surface area contributed by atoms with E-state index in [0.29, 0.717) is 30.1 Å². The molecule has 0 saturated heterocycles. The summed E-state index contributed by atoms with van der Waals surface area (Å²) < 4.78 is 0. The molecule has 0 aliphatic rings. The fourth-order valence-electron chi connectivity index (χ4n) is 2.17. The molecular formula is C14H19N3O2S. The molecule has 108 valence electrons. The van der Waals surface area contributed by atoms with E-state index in [4.69, 9.17) is 10.8 Å². The minimum Gasteiger partial charge on any atom is -0.397 e. The molecule has 2 heterocycles. The summed E-state index contributed by atoms with van der Waals surface area (Å²) >= 11 is 1.33. The topological polar surface area (TPSA) is 79.5 Å². The van der Waals surface area contributed by atoms with Crippen LogP contribution >= 0.6 is 11.3 Å². The zero-order valence-corrected chi connectivity index (χ0v) is 12.5. The highest BCUT2D eigenvalue weighted by Gasteiger charge is 2.22. The third-order valence-electron chi connectivity index (χ3n) is 3.29. The number of aliphatic hydroxyl groups excluding tert-OH is 1. The molecule has 0 saturated carbocycles. The Balaban J connectivity index is 2.39. The Morgan fingerprint density at radius 2 is 2.30 bits per heavy atom. The second kappa shape index (κ2) is 6.19. The number of anilines is 1. The summed E-state index contributed by atoms with van der Waals surface area (Å²) in [5.41, 5.74) is 7.68. The number of fused-ring (bicyclic) bond motifs is 1. The monoisotopic (exact) mass is 293 g/mol. The van der Waals surface area contributed by atoms with Crippen LogP contribution in [0, 0.1) is 6.92 Å². The van der Waals surface area contributed by atoms with Crippen LogP contribution in [0.1, 0.15) is 28.6 Å². The van der Waals surface area contributed by atoms with Crippen LogP contribution in [0.4, 0.5) is 5.69 Å². The molecule has 0 bridgehead atoms. The Bertz CT molecular complexity index is 624. The summed E-state index contributed by atoms with van der Waals surface area (Å²) in [4.78, 5) is 19.9. The van der Waals surface area contributed by atoms with Gasteiger partial charge in [-0.15, -0.1) is 11.3 Å². The van der Waals surface area contributed by atoms with Crippen molar-refractivity contribution < 1.29 is 9.90 Å². The van der Waals surface area contributed by atoms with Crippen molar-refractivity contribution in [1.29, 1.82) is 0 Å². The lowest BCUT2D eigenvalue weighted by Gasteiger charge is -2.19. The zero-order valence-electron chi connectivity index (χ0n) is 11.7. The molecule has 0 unspecified atom stereocenters. The number of aromatic nitrogens is 1. The van der Waals surface area contributed by atoms with E-state index in [1.807, 2.05) is 19.9 Å². The SMILES string of the molecule is CCN(CCCO)C(=O)c1sc2nccc(C)c2c1N. The molecule has 0 spiro atoms. The Labute approximate surface area is 122 Å². The van der Waals surface area contributed by atoms with E-state index in [1.54, 1.807) is 11.1 Å². The number of aryl methyl sites for hydroxylation is 1. The number of carbonyl (C=O) groups is 1. The summed E-state index contributed by atoms with van der Waals surface area (Å²) in [5.74, 6) is -0.0825. The first-order valence-electron chi connectivity index (χ1n) is 6.63. The molecule has 0 aliphatic heterocycles. The molecule has 0 aromatic carbocycles. The third kappa shape index (κ3) is 2.62. The van der Waals surface area contributed by atoms with Gasteiger partial charge in [0.05, 0.1) is 5.69 Å². The van der Waals surface area contributed by atoms with Crippen LogP contribution in [0.15, 0.2) is 12.3 Å². The number of nitrogen functional groups attached to an aromatic ring is 1. The van der Waals surface area contributed by atoms with Gasteiger partial charge in [-0.2, -0.15) is 0 Å². The molecule has 0 aliphatic carbocycles. The number of amides is 1. The van der Waals surface area contributed by atoms with Crippen LogP contribution < -0.4 is 5.73 Å². The van der Waals surface area contributed by atoms with E-state index >= 15 is 0 Å². The predicted molar refractivity (Wildman–Crippen MR) is 82.0 cm³/mol. The van der Waals surface area contributed by atoms with Crippen LogP contribution in [0.5, 0.6) is 0 Å². The fourth-order valence-corrected chi connectivity index (χ4v) is 3.28. The number of nitrogens with zero attached hydrogens (tertiary/aromatic N) is 2. The van der Waals surface area contributed by atoms with Gasteiger partial charge in [-0.3, -0.25) is 4.79 Å². The summed E-state index contributed by atoms with van der Waals surface area (Å²) in [7, 11) is 0. The number of pyridine rings is 1. The molecule has 0 radical (unpaired) electrons. The van der Waals surface area contributed by atoms with Crippen molar-refractivity contribution in [3.8, 4) is 0 Å². The molecule has 6 heteroatoms. The van der Waals surface area contributed by atoms with Crippen molar-refractivity contribution in [3.63, 3.8) is 0 Å². The molecule has 2 aromatic heterocycles.